The number of phenols is 1. The number of aromatic nitrogens is 1. The molecule has 0 radical (unpaired) electrons. The number of benzene rings is 3. The van der Waals surface area contributed by atoms with Crippen LogP contribution in [0.2, 0.25) is 0 Å². The Hall–Kier alpha value is -3.57. The minimum atomic E-state index is 0.155. The molecule has 0 aliphatic carbocycles. The van der Waals surface area contributed by atoms with Gasteiger partial charge in [-0.3, -0.25) is 9.88 Å². The number of hydrogen-bond acceptors (Lipinski definition) is 5. The van der Waals surface area contributed by atoms with Crippen LogP contribution in [0, 0.1) is 0 Å². The zero-order valence-corrected chi connectivity index (χ0v) is 17.4. The standard InChI is InChI=1S/C26H24N2O3/c1-30-25-10-9-18-6-2-3-7-21(18)22(25)17-28-12-13-31-26-20(16-28)14-19(15-24(26)29)23-8-4-5-11-27-23/h2-11,14-15,29H,12-13,16-17H2,1H3. The third-order valence-corrected chi connectivity index (χ3v) is 5.75. The molecule has 4 aromatic rings. The van der Waals surface area contributed by atoms with E-state index < -0.39 is 0 Å². The summed E-state index contributed by atoms with van der Waals surface area (Å²) in [6, 6.07) is 22.1. The van der Waals surface area contributed by atoms with E-state index in [1.54, 1.807) is 19.4 Å². The molecular formula is C26H24N2O3. The predicted molar refractivity (Wildman–Crippen MR) is 121 cm³/mol. The molecule has 1 aromatic heterocycles. The van der Waals surface area contributed by atoms with Crippen molar-refractivity contribution in [2.24, 2.45) is 0 Å². The molecule has 0 fully saturated rings. The molecule has 0 atom stereocenters. The highest BCUT2D eigenvalue weighted by molar-refractivity contribution is 5.87. The smallest absolute Gasteiger partial charge is 0.165 e. The van der Waals surface area contributed by atoms with Gasteiger partial charge in [0, 0.05) is 42.5 Å². The lowest BCUT2D eigenvalue weighted by molar-refractivity contribution is 0.216. The van der Waals surface area contributed by atoms with Crippen molar-refractivity contribution in [1.29, 1.82) is 0 Å². The first-order chi connectivity index (χ1) is 15.2. The van der Waals surface area contributed by atoms with Gasteiger partial charge >= 0.3 is 0 Å². The van der Waals surface area contributed by atoms with Crippen LogP contribution < -0.4 is 9.47 Å². The molecule has 0 unspecified atom stereocenters. The molecule has 0 bridgehead atoms. The third kappa shape index (κ3) is 3.80. The molecule has 156 valence electrons. The maximum Gasteiger partial charge on any atom is 0.165 e. The summed E-state index contributed by atoms with van der Waals surface area (Å²) in [4.78, 5) is 6.76. The topological polar surface area (TPSA) is 54.8 Å². The van der Waals surface area contributed by atoms with Gasteiger partial charge in [-0.05, 0) is 41.1 Å². The molecule has 0 saturated heterocycles. The summed E-state index contributed by atoms with van der Waals surface area (Å²) in [5.41, 5.74) is 3.82. The number of hydrogen-bond donors (Lipinski definition) is 1. The first-order valence-electron chi connectivity index (χ1n) is 10.4. The Bertz CT molecular complexity index is 1220. The van der Waals surface area contributed by atoms with Crippen molar-refractivity contribution < 1.29 is 14.6 Å². The number of ether oxygens (including phenoxy) is 2. The van der Waals surface area contributed by atoms with Crippen LogP contribution in [-0.4, -0.2) is 35.3 Å². The zero-order chi connectivity index (χ0) is 21.2. The molecule has 5 rings (SSSR count). The van der Waals surface area contributed by atoms with Crippen molar-refractivity contribution >= 4 is 10.8 Å². The van der Waals surface area contributed by atoms with Crippen molar-refractivity contribution in [1.82, 2.24) is 9.88 Å². The van der Waals surface area contributed by atoms with Crippen LogP contribution in [0.3, 0.4) is 0 Å². The highest BCUT2D eigenvalue weighted by Gasteiger charge is 2.22. The van der Waals surface area contributed by atoms with E-state index in [0.29, 0.717) is 18.9 Å². The summed E-state index contributed by atoms with van der Waals surface area (Å²) in [5.74, 6) is 1.60. The van der Waals surface area contributed by atoms with Gasteiger partial charge in [-0.25, -0.2) is 0 Å². The Morgan fingerprint density at radius 1 is 1.06 bits per heavy atom. The van der Waals surface area contributed by atoms with Gasteiger partial charge in [-0.2, -0.15) is 0 Å². The van der Waals surface area contributed by atoms with Crippen molar-refractivity contribution in [2.75, 3.05) is 20.3 Å². The largest absolute Gasteiger partial charge is 0.504 e. The monoisotopic (exact) mass is 412 g/mol. The van der Waals surface area contributed by atoms with Gasteiger partial charge in [0.1, 0.15) is 12.4 Å². The maximum absolute atomic E-state index is 10.6. The molecule has 1 aliphatic rings. The fourth-order valence-electron chi connectivity index (χ4n) is 4.26. The Labute approximate surface area is 181 Å². The molecular weight excluding hydrogens is 388 g/mol. The fraction of sp³-hybridized carbons (Fsp3) is 0.192. The van der Waals surface area contributed by atoms with E-state index in [9.17, 15) is 5.11 Å². The minimum Gasteiger partial charge on any atom is -0.504 e. The summed E-state index contributed by atoms with van der Waals surface area (Å²) in [7, 11) is 1.71. The number of nitrogens with zero attached hydrogens (tertiary/aromatic N) is 2. The Balaban J connectivity index is 1.51. The molecule has 5 nitrogen and oxygen atoms in total. The summed E-state index contributed by atoms with van der Waals surface area (Å²) >= 11 is 0. The van der Waals surface area contributed by atoms with E-state index >= 15 is 0 Å². The number of methoxy groups -OCH3 is 1. The lowest BCUT2D eigenvalue weighted by atomic mass is 10.0. The number of fused-ring (bicyclic) bond motifs is 2. The highest BCUT2D eigenvalue weighted by atomic mass is 16.5. The molecule has 1 N–H and O–H groups in total. The summed E-state index contributed by atoms with van der Waals surface area (Å²) in [5, 5.41) is 13.0. The van der Waals surface area contributed by atoms with Gasteiger partial charge in [-0.1, -0.05) is 36.4 Å². The van der Waals surface area contributed by atoms with E-state index in [1.165, 1.54) is 10.8 Å². The van der Waals surface area contributed by atoms with Crippen LogP contribution in [0.5, 0.6) is 17.2 Å². The number of aromatic hydroxyl groups is 1. The van der Waals surface area contributed by atoms with Crippen molar-refractivity contribution in [3.8, 4) is 28.5 Å². The molecule has 2 heterocycles. The fourth-order valence-corrected chi connectivity index (χ4v) is 4.26. The van der Waals surface area contributed by atoms with Crippen LogP contribution in [0.1, 0.15) is 11.1 Å². The Kier molecular flexibility index (Phi) is 5.18. The lowest BCUT2D eigenvalue weighted by Crippen LogP contribution is -2.25. The minimum absolute atomic E-state index is 0.155. The van der Waals surface area contributed by atoms with Crippen LogP contribution >= 0.6 is 0 Å². The lowest BCUT2D eigenvalue weighted by Gasteiger charge is -2.22. The van der Waals surface area contributed by atoms with Crippen LogP contribution in [0.25, 0.3) is 22.0 Å². The second kappa shape index (κ2) is 8.28. The van der Waals surface area contributed by atoms with Gasteiger partial charge < -0.3 is 14.6 Å². The summed E-state index contributed by atoms with van der Waals surface area (Å²) < 4.78 is 11.6. The van der Waals surface area contributed by atoms with Crippen molar-refractivity contribution in [2.45, 2.75) is 13.1 Å². The van der Waals surface area contributed by atoms with Crippen molar-refractivity contribution in [3.63, 3.8) is 0 Å². The van der Waals surface area contributed by atoms with E-state index in [-0.39, 0.29) is 5.75 Å². The highest BCUT2D eigenvalue weighted by Crippen LogP contribution is 2.38. The molecule has 5 heteroatoms. The number of rotatable bonds is 4. The first-order valence-corrected chi connectivity index (χ1v) is 10.4. The first kappa shape index (κ1) is 19.4. The van der Waals surface area contributed by atoms with Gasteiger partial charge in [0.2, 0.25) is 0 Å². The Morgan fingerprint density at radius 3 is 2.77 bits per heavy atom. The maximum atomic E-state index is 10.6. The molecule has 3 aromatic carbocycles. The normalized spacial score (nSPS) is 14.0. The van der Waals surface area contributed by atoms with Gasteiger partial charge in [-0.15, -0.1) is 0 Å². The quantitative estimate of drug-likeness (QED) is 0.511. The van der Waals surface area contributed by atoms with E-state index in [0.717, 1.165) is 41.2 Å². The second-order valence-electron chi connectivity index (χ2n) is 7.73. The Morgan fingerprint density at radius 2 is 1.94 bits per heavy atom. The number of phenolic OH excluding ortho intramolecular Hbond substituents is 1. The van der Waals surface area contributed by atoms with Crippen LogP contribution in [0.15, 0.2) is 72.9 Å². The second-order valence-corrected chi connectivity index (χ2v) is 7.73. The third-order valence-electron chi connectivity index (χ3n) is 5.75. The number of pyridine rings is 1. The summed E-state index contributed by atoms with van der Waals surface area (Å²) in [6.07, 6.45) is 1.76. The van der Waals surface area contributed by atoms with E-state index in [2.05, 4.69) is 46.3 Å². The predicted octanol–water partition coefficient (Wildman–Crippen LogP) is 5.01. The molecule has 0 amide bonds. The molecule has 0 spiro atoms. The average Bonchev–Trinajstić information content (AvgIpc) is 3.02. The van der Waals surface area contributed by atoms with E-state index in [4.69, 9.17) is 9.47 Å². The molecule has 31 heavy (non-hydrogen) atoms. The van der Waals surface area contributed by atoms with Gasteiger partial charge in [0.05, 0.1) is 12.8 Å². The SMILES string of the molecule is COc1ccc2ccccc2c1CN1CCOc2c(O)cc(-c3ccccn3)cc2C1. The van der Waals surface area contributed by atoms with Gasteiger partial charge in [0.25, 0.3) is 0 Å². The molecule has 0 saturated carbocycles. The van der Waals surface area contributed by atoms with Crippen molar-refractivity contribution in [3.05, 3.63) is 84.1 Å². The van der Waals surface area contributed by atoms with E-state index in [1.807, 2.05) is 24.3 Å². The molecule has 1 aliphatic heterocycles. The summed E-state index contributed by atoms with van der Waals surface area (Å²) in [6.45, 7) is 2.65. The van der Waals surface area contributed by atoms with Gasteiger partial charge in [0.15, 0.2) is 11.5 Å². The average molecular weight is 412 g/mol. The van der Waals surface area contributed by atoms with Crippen LogP contribution in [0.4, 0.5) is 0 Å². The van der Waals surface area contributed by atoms with Crippen LogP contribution in [-0.2, 0) is 13.1 Å². The zero-order valence-electron chi connectivity index (χ0n) is 17.4.